The van der Waals surface area contributed by atoms with E-state index in [4.69, 9.17) is 5.73 Å². The minimum atomic E-state index is -2.72. The number of carbonyl (C=O) groups is 1. The van der Waals surface area contributed by atoms with Gasteiger partial charge in [0, 0.05) is 30.7 Å². The second-order valence-corrected chi connectivity index (χ2v) is 7.65. The number of nitrogens with one attached hydrogen (secondary N) is 1. The number of primary amides is 1. The SMILES string of the molecule is CC(F)(F)CNC1CCC(n2ncc3cc(-n4ccnc4)nc(C(N)=O)c32)CC1. The third-order valence-corrected chi connectivity index (χ3v) is 5.31. The number of nitrogens with two attached hydrogens (primary N) is 1. The molecule has 0 radical (unpaired) electrons. The first kappa shape index (κ1) is 19.4. The van der Waals surface area contributed by atoms with E-state index >= 15 is 0 Å². The molecule has 154 valence electrons. The van der Waals surface area contributed by atoms with Crippen molar-refractivity contribution in [3.05, 3.63) is 36.7 Å². The van der Waals surface area contributed by atoms with E-state index < -0.39 is 11.8 Å². The molecule has 3 heterocycles. The number of fused-ring (bicyclic) bond motifs is 1. The van der Waals surface area contributed by atoms with Gasteiger partial charge in [0.15, 0.2) is 5.69 Å². The number of rotatable bonds is 6. The Bertz CT molecular complexity index is 1000. The molecule has 1 fully saturated rings. The molecular formula is C19H23F2N7O. The van der Waals surface area contributed by atoms with Crippen molar-refractivity contribution in [1.82, 2.24) is 29.6 Å². The van der Waals surface area contributed by atoms with Crippen LogP contribution in [0.2, 0.25) is 0 Å². The van der Waals surface area contributed by atoms with E-state index in [1.54, 1.807) is 29.5 Å². The van der Waals surface area contributed by atoms with Crippen LogP contribution in [0.25, 0.3) is 16.7 Å². The molecule has 3 aromatic heterocycles. The molecule has 0 unspecified atom stereocenters. The molecule has 1 amide bonds. The van der Waals surface area contributed by atoms with Crippen LogP contribution in [0.1, 0.15) is 49.1 Å². The minimum absolute atomic E-state index is 0.0560. The van der Waals surface area contributed by atoms with Crippen LogP contribution in [-0.2, 0) is 0 Å². The Morgan fingerprint density at radius 1 is 1.34 bits per heavy atom. The van der Waals surface area contributed by atoms with Gasteiger partial charge in [0.25, 0.3) is 11.8 Å². The van der Waals surface area contributed by atoms with Gasteiger partial charge in [-0.15, -0.1) is 0 Å². The lowest BCUT2D eigenvalue weighted by molar-refractivity contribution is 0.0181. The summed E-state index contributed by atoms with van der Waals surface area (Å²) in [4.78, 5) is 20.5. The average Bonchev–Trinajstić information content (AvgIpc) is 3.35. The van der Waals surface area contributed by atoms with Gasteiger partial charge in [0.05, 0.1) is 18.8 Å². The number of halogens is 2. The highest BCUT2D eigenvalue weighted by atomic mass is 19.3. The molecule has 4 rings (SSSR count). The predicted octanol–water partition coefficient (Wildman–Crippen LogP) is 2.44. The van der Waals surface area contributed by atoms with E-state index in [0.717, 1.165) is 38.0 Å². The summed E-state index contributed by atoms with van der Waals surface area (Å²) in [6.45, 7) is 0.595. The zero-order valence-electron chi connectivity index (χ0n) is 16.1. The molecule has 29 heavy (non-hydrogen) atoms. The molecule has 0 atom stereocenters. The van der Waals surface area contributed by atoms with E-state index in [-0.39, 0.29) is 24.3 Å². The van der Waals surface area contributed by atoms with Crippen molar-refractivity contribution in [2.75, 3.05) is 6.54 Å². The minimum Gasteiger partial charge on any atom is -0.364 e. The lowest BCUT2D eigenvalue weighted by atomic mass is 9.91. The van der Waals surface area contributed by atoms with Crippen molar-refractivity contribution in [1.29, 1.82) is 0 Å². The normalized spacial score (nSPS) is 20.2. The molecule has 0 spiro atoms. The van der Waals surface area contributed by atoms with Gasteiger partial charge in [-0.1, -0.05) is 0 Å². The Morgan fingerprint density at radius 2 is 2.10 bits per heavy atom. The molecule has 3 N–H and O–H groups in total. The fourth-order valence-electron chi connectivity index (χ4n) is 3.89. The van der Waals surface area contributed by atoms with Crippen molar-refractivity contribution >= 4 is 16.8 Å². The monoisotopic (exact) mass is 403 g/mol. The Kier molecular flexibility index (Phi) is 5.03. The first-order valence-electron chi connectivity index (χ1n) is 9.59. The molecule has 0 aliphatic heterocycles. The maximum atomic E-state index is 13.1. The molecule has 0 saturated heterocycles. The summed E-state index contributed by atoms with van der Waals surface area (Å²) in [6.07, 6.45) is 9.71. The summed E-state index contributed by atoms with van der Waals surface area (Å²) >= 11 is 0. The van der Waals surface area contributed by atoms with Gasteiger partial charge in [-0.05, 0) is 31.7 Å². The summed E-state index contributed by atoms with van der Waals surface area (Å²) in [6, 6.07) is 1.95. The smallest absolute Gasteiger partial charge is 0.269 e. The van der Waals surface area contributed by atoms with Crippen LogP contribution < -0.4 is 11.1 Å². The van der Waals surface area contributed by atoms with Crippen molar-refractivity contribution in [3.63, 3.8) is 0 Å². The van der Waals surface area contributed by atoms with E-state index in [2.05, 4.69) is 20.4 Å². The third-order valence-electron chi connectivity index (χ3n) is 5.31. The molecule has 0 aromatic carbocycles. The standard InChI is InChI=1S/C19H23F2N7O/c1-19(20,21)10-24-13-2-4-14(5-3-13)28-17-12(9-25-28)8-15(26-16(17)18(22)29)27-7-6-23-11-27/h6-9,11,13-14,24H,2-5,10H2,1H3,(H2,22,29). The number of aromatic nitrogens is 5. The largest absolute Gasteiger partial charge is 0.364 e. The second-order valence-electron chi connectivity index (χ2n) is 7.65. The van der Waals surface area contributed by atoms with E-state index in [1.165, 1.54) is 0 Å². The summed E-state index contributed by atoms with van der Waals surface area (Å²) in [5.74, 6) is -2.81. The number of imidazole rings is 1. The molecule has 10 heteroatoms. The number of amides is 1. The van der Waals surface area contributed by atoms with Crippen LogP contribution in [0, 0.1) is 0 Å². The molecule has 1 saturated carbocycles. The molecule has 0 bridgehead atoms. The lowest BCUT2D eigenvalue weighted by Crippen LogP contribution is -2.40. The molecule has 1 aliphatic carbocycles. The van der Waals surface area contributed by atoms with Gasteiger partial charge in [-0.3, -0.25) is 14.0 Å². The van der Waals surface area contributed by atoms with Gasteiger partial charge in [0.2, 0.25) is 0 Å². The zero-order valence-corrected chi connectivity index (χ0v) is 16.1. The van der Waals surface area contributed by atoms with Crippen molar-refractivity contribution in [2.24, 2.45) is 5.73 Å². The van der Waals surface area contributed by atoms with Crippen LogP contribution in [-0.4, -0.2) is 48.7 Å². The van der Waals surface area contributed by atoms with Gasteiger partial charge >= 0.3 is 0 Å². The number of alkyl halides is 2. The van der Waals surface area contributed by atoms with Gasteiger partial charge in [0.1, 0.15) is 17.7 Å². The molecule has 3 aromatic rings. The van der Waals surface area contributed by atoms with Crippen molar-refractivity contribution < 1.29 is 13.6 Å². The Labute approximate surface area is 166 Å². The second kappa shape index (κ2) is 7.51. The van der Waals surface area contributed by atoms with E-state index in [9.17, 15) is 13.6 Å². The van der Waals surface area contributed by atoms with Crippen molar-refractivity contribution in [2.45, 2.75) is 50.6 Å². The summed E-state index contributed by atoms with van der Waals surface area (Å²) < 4.78 is 29.7. The first-order chi connectivity index (χ1) is 13.8. The number of hydrogen-bond donors (Lipinski definition) is 2. The quantitative estimate of drug-likeness (QED) is 0.658. The summed E-state index contributed by atoms with van der Waals surface area (Å²) in [5.41, 5.74) is 6.38. The fraction of sp³-hybridized carbons (Fsp3) is 0.474. The number of carbonyl (C=O) groups excluding carboxylic acids is 1. The molecule has 8 nitrogen and oxygen atoms in total. The highest BCUT2D eigenvalue weighted by Gasteiger charge is 2.28. The van der Waals surface area contributed by atoms with Crippen LogP contribution in [0.3, 0.4) is 0 Å². The van der Waals surface area contributed by atoms with Crippen LogP contribution in [0.5, 0.6) is 0 Å². The van der Waals surface area contributed by atoms with E-state index in [1.807, 2.05) is 10.7 Å². The highest BCUT2D eigenvalue weighted by Crippen LogP contribution is 2.32. The number of pyridine rings is 1. The van der Waals surface area contributed by atoms with E-state index in [0.29, 0.717) is 11.3 Å². The predicted molar refractivity (Wildman–Crippen MR) is 103 cm³/mol. The number of nitrogens with zero attached hydrogens (tertiary/aromatic N) is 5. The molecule has 1 aliphatic rings. The van der Waals surface area contributed by atoms with Crippen LogP contribution in [0.15, 0.2) is 31.0 Å². The summed E-state index contributed by atoms with van der Waals surface area (Å²) in [7, 11) is 0. The Morgan fingerprint density at radius 3 is 2.72 bits per heavy atom. The highest BCUT2D eigenvalue weighted by molar-refractivity contribution is 6.03. The Balaban J connectivity index is 1.58. The third kappa shape index (κ3) is 4.12. The molecular weight excluding hydrogens is 380 g/mol. The maximum Gasteiger partial charge on any atom is 0.269 e. The Hall–Kier alpha value is -2.88. The van der Waals surface area contributed by atoms with Gasteiger partial charge in [-0.25, -0.2) is 18.7 Å². The van der Waals surface area contributed by atoms with Crippen LogP contribution >= 0.6 is 0 Å². The maximum absolute atomic E-state index is 13.1. The van der Waals surface area contributed by atoms with Crippen LogP contribution in [0.4, 0.5) is 8.78 Å². The summed E-state index contributed by atoms with van der Waals surface area (Å²) in [5, 5.41) is 8.21. The first-order valence-corrected chi connectivity index (χ1v) is 9.59. The average molecular weight is 403 g/mol. The number of hydrogen-bond acceptors (Lipinski definition) is 5. The topological polar surface area (TPSA) is 104 Å². The van der Waals surface area contributed by atoms with Crippen molar-refractivity contribution in [3.8, 4) is 5.82 Å². The van der Waals surface area contributed by atoms with Gasteiger partial charge < -0.3 is 11.1 Å². The fourth-order valence-corrected chi connectivity index (χ4v) is 3.89. The lowest BCUT2D eigenvalue weighted by Gasteiger charge is -2.30. The van der Waals surface area contributed by atoms with Gasteiger partial charge in [-0.2, -0.15) is 5.10 Å². The zero-order chi connectivity index (χ0) is 20.6.